The lowest BCUT2D eigenvalue weighted by Crippen LogP contribution is -1.94. The SMILES string of the molecule is COc1ccc(-c2c(Nc3ccccc3)ccc3ccccc23)cc1. The summed E-state index contributed by atoms with van der Waals surface area (Å²) in [6, 6.07) is 31.3. The fourth-order valence-electron chi connectivity index (χ4n) is 3.12. The van der Waals surface area contributed by atoms with Crippen LogP contribution in [0.25, 0.3) is 21.9 Å². The van der Waals surface area contributed by atoms with Crippen LogP contribution in [0.4, 0.5) is 11.4 Å². The first-order valence-corrected chi connectivity index (χ1v) is 8.33. The second-order valence-corrected chi connectivity index (χ2v) is 5.93. The van der Waals surface area contributed by atoms with Gasteiger partial charge in [0.25, 0.3) is 0 Å². The highest BCUT2D eigenvalue weighted by atomic mass is 16.5. The molecule has 122 valence electrons. The number of hydrogen-bond acceptors (Lipinski definition) is 2. The predicted octanol–water partition coefficient (Wildman–Crippen LogP) is 6.26. The van der Waals surface area contributed by atoms with E-state index in [4.69, 9.17) is 4.74 Å². The largest absolute Gasteiger partial charge is 0.497 e. The first-order chi connectivity index (χ1) is 12.3. The third-order valence-corrected chi connectivity index (χ3v) is 4.36. The van der Waals surface area contributed by atoms with Crippen molar-refractivity contribution in [1.82, 2.24) is 0 Å². The smallest absolute Gasteiger partial charge is 0.118 e. The standard InChI is InChI=1S/C23H19NO/c1-25-20-14-11-18(12-15-20)23-21-10-6-5-7-17(21)13-16-22(23)24-19-8-3-2-4-9-19/h2-16,24H,1H3. The molecule has 0 atom stereocenters. The Bertz CT molecular complexity index is 991. The van der Waals surface area contributed by atoms with Crippen molar-refractivity contribution in [3.63, 3.8) is 0 Å². The second-order valence-electron chi connectivity index (χ2n) is 5.93. The van der Waals surface area contributed by atoms with Crippen molar-refractivity contribution in [2.75, 3.05) is 12.4 Å². The molecule has 2 heteroatoms. The second kappa shape index (κ2) is 6.70. The van der Waals surface area contributed by atoms with Gasteiger partial charge in [-0.3, -0.25) is 0 Å². The van der Waals surface area contributed by atoms with E-state index in [9.17, 15) is 0 Å². The van der Waals surface area contributed by atoms with Gasteiger partial charge in [-0.1, -0.05) is 60.7 Å². The van der Waals surface area contributed by atoms with Gasteiger partial charge in [-0.05, 0) is 46.7 Å². The summed E-state index contributed by atoms with van der Waals surface area (Å²) in [6.45, 7) is 0. The summed E-state index contributed by atoms with van der Waals surface area (Å²) in [5.41, 5.74) is 4.53. The zero-order valence-electron chi connectivity index (χ0n) is 14.1. The molecule has 0 fully saturated rings. The van der Waals surface area contributed by atoms with Crippen LogP contribution in [0.1, 0.15) is 0 Å². The van der Waals surface area contributed by atoms with Gasteiger partial charge in [0, 0.05) is 16.9 Å². The van der Waals surface area contributed by atoms with Crippen LogP contribution in [-0.2, 0) is 0 Å². The molecule has 0 bridgehead atoms. The fraction of sp³-hybridized carbons (Fsp3) is 0.0435. The van der Waals surface area contributed by atoms with E-state index in [0.717, 1.165) is 22.7 Å². The fourth-order valence-corrected chi connectivity index (χ4v) is 3.12. The lowest BCUT2D eigenvalue weighted by atomic mass is 9.96. The summed E-state index contributed by atoms with van der Waals surface area (Å²) in [5, 5.41) is 6.02. The number of ether oxygens (including phenoxy) is 1. The van der Waals surface area contributed by atoms with Gasteiger partial charge in [-0.2, -0.15) is 0 Å². The molecule has 0 heterocycles. The Morgan fingerprint density at radius 3 is 2.16 bits per heavy atom. The van der Waals surface area contributed by atoms with Crippen LogP contribution in [0, 0.1) is 0 Å². The molecule has 0 aliphatic rings. The van der Waals surface area contributed by atoms with Crippen molar-refractivity contribution in [3.05, 3.63) is 91.0 Å². The molecule has 4 rings (SSSR count). The highest BCUT2D eigenvalue weighted by Gasteiger charge is 2.10. The van der Waals surface area contributed by atoms with E-state index in [1.165, 1.54) is 16.3 Å². The van der Waals surface area contributed by atoms with Gasteiger partial charge >= 0.3 is 0 Å². The van der Waals surface area contributed by atoms with Crippen molar-refractivity contribution in [3.8, 4) is 16.9 Å². The average molecular weight is 325 g/mol. The zero-order valence-corrected chi connectivity index (χ0v) is 14.1. The number of fused-ring (bicyclic) bond motifs is 1. The highest BCUT2D eigenvalue weighted by Crippen LogP contribution is 2.37. The summed E-state index contributed by atoms with van der Waals surface area (Å²) < 4.78 is 5.30. The average Bonchev–Trinajstić information content (AvgIpc) is 2.69. The number of rotatable bonds is 4. The molecule has 0 radical (unpaired) electrons. The summed E-state index contributed by atoms with van der Waals surface area (Å²) >= 11 is 0. The Balaban J connectivity index is 1.89. The van der Waals surface area contributed by atoms with E-state index in [1.807, 2.05) is 30.3 Å². The van der Waals surface area contributed by atoms with E-state index < -0.39 is 0 Å². The lowest BCUT2D eigenvalue weighted by molar-refractivity contribution is 0.415. The quantitative estimate of drug-likeness (QED) is 0.478. The minimum absolute atomic E-state index is 0.863. The molecule has 25 heavy (non-hydrogen) atoms. The van der Waals surface area contributed by atoms with Crippen molar-refractivity contribution in [2.45, 2.75) is 0 Å². The molecule has 4 aromatic rings. The number of hydrogen-bond donors (Lipinski definition) is 1. The number of anilines is 2. The molecular weight excluding hydrogens is 306 g/mol. The van der Waals surface area contributed by atoms with Gasteiger partial charge in [0.1, 0.15) is 5.75 Å². The van der Waals surface area contributed by atoms with Crippen LogP contribution >= 0.6 is 0 Å². The van der Waals surface area contributed by atoms with Crippen LogP contribution in [0.15, 0.2) is 91.0 Å². The Hall–Kier alpha value is -3.26. The molecule has 0 aromatic heterocycles. The number of para-hydroxylation sites is 1. The van der Waals surface area contributed by atoms with E-state index in [-0.39, 0.29) is 0 Å². The summed E-state index contributed by atoms with van der Waals surface area (Å²) in [4.78, 5) is 0. The minimum atomic E-state index is 0.863. The van der Waals surface area contributed by atoms with E-state index in [2.05, 4.69) is 66.0 Å². The van der Waals surface area contributed by atoms with Gasteiger partial charge in [-0.15, -0.1) is 0 Å². The van der Waals surface area contributed by atoms with E-state index in [0.29, 0.717) is 0 Å². The van der Waals surface area contributed by atoms with Gasteiger partial charge in [0.15, 0.2) is 0 Å². The van der Waals surface area contributed by atoms with E-state index in [1.54, 1.807) is 7.11 Å². The third kappa shape index (κ3) is 3.07. The Morgan fingerprint density at radius 1 is 0.680 bits per heavy atom. The normalized spacial score (nSPS) is 10.6. The molecule has 0 saturated carbocycles. The third-order valence-electron chi connectivity index (χ3n) is 4.36. The molecule has 0 amide bonds. The van der Waals surface area contributed by atoms with Crippen LogP contribution < -0.4 is 10.1 Å². The minimum Gasteiger partial charge on any atom is -0.497 e. The van der Waals surface area contributed by atoms with Crippen LogP contribution in [-0.4, -0.2) is 7.11 Å². The zero-order chi connectivity index (χ0) is 17.1. The van der Waals surface area contributed by atoms with Crippen molar-refractivity contribution in [1.29, 1.82) is 0 Å². The lowest BCUT2D eigenvalue weighted by Gasteiger charge is -2.16. The molecular formula is C23H19NO. The van der Waals surface area contributed by atoms with Crippen LogP contribution in [0.2, 0.25) is 0 Å². The maximum Gasteiger partial charge on any atom is 0.118 e. The maximum absolute atomic E-state index is 5.30. The maximum atomic E-state index is 5.30. The number of benzene rings is 4. The summed E-state index contributed by atoms with van der Waals surface area (Å²) in [5.74, 6) is 0.863. The molecule has 2 nitrogen and oxygen atoms in total. The molecule has 1 N–H and O–H groups in total. The van der Waals surface area contributed by atoms with Crippen LogP contribution in [0.3, 0.4) is 0 Å². The molecule has 0 unspecified atom stereocenters. The van der Waals surface area contributed by atoms with Crippen LogP contribution in [0.5, 0.6) is 5.75 Å². The summed E-state index contributed by atoms with van der Waals surface area (Å²) in [7, 11) is 1.69. The Kier molecular flexibility index (Phi) is 4.09. The van der Waals surface area contributed by atoms with Gasteiger partial charge in [0.2, 0.25) is 0 Å². The van der Waals surface area contributed by atoms with Crippen molar-refractivity contribution >= 4 is 22.1 Å². The Morgan fingerprint density at radius 2 is 1.40 bits per heavy atom. The first-order valence-electron chi connectivity index (χ1n) is 8.33. The van der Waals surface area contributed by atoms with Gasteiger partial charge in [0.05, 0.1) is 7.11 Å². The first kappa shape index (κ1) is 15.3. The molecule has 0 aliphatic heterocycles. The molecule has 0 saturated heterocycles. The van der Waals surface area contributed by atoms with Gasteiger partial charge in [-0.25, -0.2) is 0 Å². The molecule has 4 aromatic carbocycles. The Labute approximate surface area is 147 Å². The number of nitrogens with one attached hydrogen (secondary N) is 1. The number of methoxy groups -OCH3 is 1. The predicted molar refractivity (Wildman–Crippen MR) is 106 cm³/mol. The molecule has 0 aliphatic carbocycles. The highest BCUT2D eigenvalue weighted by molar-refractivity contribution is 6.03. The monoisotopic (exact) mass is 325 g/mol. The van der Waals surface area contributed by atoms with E-state index >= 15 is 0 Å². The topological polar surface area (TPSA) is 21.3 Å². The summed E-state index contributed by atoms with van der Waals surface area (Å²) in [6.07, 6.45) is 0. The van der Waals surface area contributed by atoms with Gasteiger partial charge < -0.3 is 10.1 Å². The van der Waals surface area contributed by atoms with Crippen molar-refractivity contribution in [2.24, 2.45) is 0 Å². The van der Waals surface area contributed by atoms with Crippen molar-refractivity contribution < 1.29 is 4.74 Å². The molecule has 0 spiro atoms.